The lowest BCUT2D eigenvalue weighted by Crippen LogP contribution is -2.32. The molecule has 2 aromatic carbocycles. The Labute approximate surface area is 166 Å². The van der Waals surface area contributed by atoms with E-state index in [-0.39, 0.29) is 24.4 Å². The van der Waals surface area contributed by atoms with Crippen LogP contribution in [0, 0.1) is 12.7 Å². The van der Waals surface area contributed by atoms with Gasteiger partial charge in [-0.25, -0.2) is 9.37 Å². The molecular formula is C21H19FN2O3S. The van der Waals surface area contributed by atoms with Crippen molar-refractivity contribution in [2.45, 2.75) is 26.0 Å². The zero-order valence-corrected chi connectivity index (χ0v) is 16.1. The van der Waals surface area contributed by atoms with Crippen molar-refractivity contribution in [1.82, 2.24) is 10.3 Å². The summed E-state index contributed by atoms with van der Waals surface area (Å²) in [5, 5.41) is 3.79. The number of carbonyl (C=O) groups is 1. The second kappa shape index (κ2) is 7.98. The Morgan fingerprint density at radius 3 is 2.89 bits per heavy atom. The number of hydrogen-bond donors (Lipinski definition) is 1. The molecule has 1 aliphatic rings. The van der Waals surface area contributed by atoms with Gasteiger partial charge in [-0.15, -0.1) is 11.3 Å². The van der Waals surface area contributed by atoms with E-state index in [0.29, 0.717) is 27.9 Å². The van der Waals surface area contributed by atoms with Gasteiger partial charge in [-0.2, -0.15) is 0 Å². The summed E-state index contributed by atoms with van der Waals surface area (Å²) in [7, 11) is 0. The third-order valence-corrected chi connectivity index (χ3v) is 5.62. The Balaban J connectivity index is 1.43. The van der Waals surface area contributed by atoms with Gasteiger partial charge >= 0.3 is 0 Å². The van der Waals surface area contributed by atoms with E-state index in [9.17, 15) is 9.18 Å². The Morgan fingerprint density at radius 1 is 1.29 bits per heavy atom. The lowest BCUT2D eigenvalue weighted by atomic mass is 10.0. The van der Waals surface area contributed by atoms with E-state index in [1.807, 2.05) is 31.2 Å². The molecule has 1 aromatic heterocycles. The summed E-state index contributed by atoms with van der Waals surface area (Å²) in [6, 6.07) is 13.5. The number of carbonyl (C=O) groups excluding carboxylic acids is 1. The van der Waals surface area contributed by atoms with Crippen LogP contribution in [0.1, 0.15) is 38.4 Å². The molecule has 1 atom stereocenters. The average molecular weight is 398 g/mol. The van der Waals surface area contributed by atoms with E-state index in [1.165, 1.54) is 23.5 Å². The van der Waals surface area contributed by atoms with E-state index < -0.39 is 0 Å². The molecule has 0 radical (unpaired) electrons. The van der Waals surface area contributed by atoms with Gasteiger partial charge in [0.2, 0.25) is 0 Å². The van der Waals surface area contributed by atoms with Gasteiger partial charge in [-0.3, -0.25) is 4.79 Å². The number of aromatic nitrogens is 1. The average Bonchev–Trinajstić information content (AvgIpc) is 3.08. The Hall–Kier alpha value is -2.93. The van der Waals surface area contributed by atoms with E-state index >= 15 is 0 Å². The molecule has 144 valence electrons. The number of rotatable bonds is 5. The van der Waals surface area contributed by atoms with Crippen LogP contribution in [0.5, 0.6) is 11.5 Å². The van der Waals surface area contributed by atoms with Gasteiger partial charge in [-0.1, -0.05) is 18.2 Å². The van der Waals surface area contributed by atoms with Crippen molar-refractivity contribution in [1.29, 1.82) is 0 Å². The highest BCUT2D eigenvalue weighted by Crippen LogP contribution is 2.32. The number of benzene rings is 2. The standard InChI is InChI=1S/C21H19FN2O3S/c1-13-20(28-19(23-13)12-27-15-8-6-14(22)7-9-15)21(25)24-17-10-11-26-18-5-3-2-4-16(17)18/h2-9,17H,10-12H2,1H3,(H,24,25)/t17-/m0/s1. The summed E-state index contributed by atoms with van der Waals surface area (Å²) in [6.45, 7) is 2.61. The molecule has 3 aromatic rings. The molecule has 0 saturated carbocycles. The molecule has 0 spiro atoms. The van der Waals surface area contributed by atoms with Crippen LogP contribution in [-0.4, -0.2) is 17.5 Å². The number of fused-ring (bicyclic) bond motifs is 1. The molecule has 0 bridgehead atoms. The first-order chi connectivity index (χ1) is 13.6. The maximum absolute atomic E-state index is 13.0. The topological polar surface area (TPSA) is 60.5 Å². The molecule has 1 N–H and O–H groups in total. The first-order valence-corrected chi connectivity index (χ1v) is 9.79. The van der Waals surface area contributed by atoms with Gasteiger partial charge in [-0.05, 0) is 37.3 Å². The molecule has 5 nitrogen and oxygen atoms in total. The van der Waals surface area contributed by atoms with Crippen molar-refractivity contribution in [2.75, 3.05) is 6.61 Å². The number of para-hydroxylation sites is 1. The summed E-state index contributed by atoms with van der Waals surface area (Å²) in [5.41, 5.74) is 1.66. The largest absolute Gasteiger partial charge is 0.493 e. The predicted molar refractivity (Wildman–Crippen MR) is 104 cm³/mol. The summed E-state index contributed by atoms with van der Waals surface area (Å²) >= 11 is 1.31. The third kappa shape index (κ3) is 3.99. The van der Waals surface area contributed by atoms with Crippen molar-refractivity contribution >= 4 is 17.2 Å². The first kappa shape index (κ1) is 18.4. The lowest BCUT2D eigenvalue weighted by Gasteiger charge is -2.26. The van der Waals surface area contributed by atoms with E-state index in [1.54, 1.807) is 12.1 Å². The van der Waals surface area contributed by atoms with Crippen LogP contribution in [0.3, 0.4) is 0 Å². The minimum atomic E-state index is -0.314. The smallest absolute Gasteiger partial charge is 0.263 e. The molecule has 0 fully saturated rings. The van der Waals surface area contributed by atoms with Crippen LogP contribution in [-0.2, 0) is 6.61 Å². The molecule has 0 aliphatic carbocycles. The number of ether oxygens (including phenoxy) is 2. The number of nitrogens with one attached hydrogen (secondary N) is 1. The van der Waals surface area contributed by atoms with Gasteiger partial charge in [0.15, 0.2) is 0 Å². The Bertz CT molecular complexity index is 988. The summed E-state index contributed by atoms with van der Waals surface area (Å²) in [4.78, 5) is 17.8. The summed E-state index contributed by atoms with van der Waals surface area (Å²) in [5.74, 6) is 0.906. The fourth-order valence-corrected chi connectivity index (χ4v) is 4.00. The quantitative estimate of drug-likeness (QED) is 0.691. The van der Waals surface area contributed by atoms with Crippen molar-refractivity contribution in [3.05, 3.63) is 75.5 Å². The highest BCUT2D eigenvalue weighted by atomic mass is 32.1. The van der Waals surface area contributed by atoms with Crippen LogP contribution in [0.25, 0.3) is 0 Å². The van der Waals surface area contributed by atoms with E-state index in [0.717, 1.165) is 17.7 Å². The van der Waals surface area contributed by atoms with Crippen LogP contribution in [0.2, 0.25) is 0 Å². The predicted octanol–water partition coefficient (Wildman–Crippen LogP) is 4.42. The molecule has 0 unspecified atom stereocenters. The number of aryl methyl sites for hydroxylation is 1. The SMILES string of the molecule is Cc1nc(COc2ccc(F)cc2)sc1C(=O)N[C@H]1CCOc2ccccc21. The van der Waals surface area contributed by atoms with Gasteiger partial charge in [0.1, 0.15) is 33.8 Å². The van der Waals surface area contributed by atoms with Crippen LogP contribution in [0.4, 0.5) is 4.39 Å². The molecular weight excluding hydrogens is 379 g/mol. The zero-order chi connectivity index (χ0) is 19.5. The molecule has 4 rings (SSSR count). The third-order valence-electron chi connectivity index (χ3n) is 4.49. The van der Waals surface area contributed by atoms with Crippen LogP contribution >= 0.6 is 11.3 Å². The number of thiazole rings is 1. The minimum absolute atomic E-state index is 0.0853. The maximum atomic E-state index is 13.0. The fourth-order valence-electron chi connectivity index (χ4n) is 3.12. The summed E-state index contributed by atoms with van der Waals surface area (Å²) < 4.78 is 24.2. The first-order valence-electron chi connectivity index (χ1n) is 8.97. The molecule has 1 aliphatic heterocycles. The number of hydrogen-bond acceptors (Lipinski definition) is 5. The molecule has 7 heteroatoms. The molecule has 28 heavy (non-hydrogen) atoms. The second-order valence-corrected chi connectivity index (χ2v) is 7.55. The number of amides is 1. The fraction of sp³-hybridized carbons (Fsp3) is 0.238. The number of halogens is 1. The van der Waals surface area contributed by atoms with E-state index in [4.69, 9.17) is 9.47 Å². The van der Waals surface area contributed by atoms with Crippen molar-refractivity contribution in [3.8, 4) is 11.5 Å². The van der Waals surface area contributed by atoms with Gasteiger partial charge in [0.05, 0.1) is 18.3 Å². The molecule has 0 saturated heterocycles. The van der Waals surface area contributed by atoms with Gasteiger partial charge in [0, 0.05) is 12.0 Å². The zero-order valence-electron chi connectivity index (χ0n) is 15.3. The lowest BCUT2D eigenvalue weighted by molar-refractivity contribution is 0.0928. The molecule has 1 amide bonds. The summed E-state index contributed by atoms with van der Waals surface area (Å²) in [6.07, 6.45) is 0.723. The van der Waals surface area contributed by atoms with Gasteiger partial charge in [0.25, 0.3) is 5.91 Å². The second-order valence-electron chi connectivity index (χ2n) is 6.47. The van der Waals surface area contributed by atoms with Crippen molar-refractivity contribution < 1.29 is 18.7 Å². The van der Waals surface area contributed by atoms with Crippen LogP contribution in [0.15, 0.2) is 48.5 Å². The highest BCUT2D eigenvalue weighted by molar-refractivity contribution is 7.13. The Kier molecular flexibility index (Phi) is 5.25. The van der Waals surface area contributed by atoms with Crippen molar-refractivity contribution in [2.24, 2.45) is 0 Å². The monoisotopic (exact) mass is 398 g/mol. The number of nitrogens with zero attached hydrogens (tertiary/aromatic N) is 1. The Morgan fingerprint density at radius 2 is 2.07 bits per heavy atom. The highest BCUT2D eigenvalue weighted by Gasteiger charge is 2.25. The van der Waals surface area contributed by atoms with Gasteiger partial charge < -0.3 is 14.8 Å². The molecule has 2 heterocycles. The normalized spacial score (nSPS) is 15.4. The van der Waals surface area contributed by atoms with Crippen molar-refractivity contribution in [3.63, 3.8) is 0 Å². The van der Waals surface area contributed by atoms with Crippen LogP contribution < -0.4 is 14.8 Å². The maximum Gasteiger partial charge on any atom is 0.263 e. The minimum Gasteiger partial charge on any atom is -0.493 e. The van der Waals surface area contributed by atoms with E-state index in [2.05, 4.69) is 10.3 Å².